The topological polar surface area (TPSA) is 25.6 Å². The van der Waals surface area contributed by atoms with Crippen molar-refractivity contribution in [2.45, 2.75) is 43.9 Å². The van der Waals surface area contributed by atoms with Gasteiger partial charge in [-0.2, -0.15) is 0 Å². The van der Waals surface area contributed by atoms with Gasteiger partial charge < -0.3 is 14.1 Å². The summed E-state index contributed by atoms with van der Waals surface area (Å²) in [5, 5.41) is 5.73. The monoisotopic (exact) mass is 975 g/mol. The third-order valence-corrected chi connectivity index (χ3v) is 17.3. The molecule has 0 bridgehead atoms. The Balaban J connectivity index is 0.846. The third kappa shape index (κ3) is 6.36. The van der Waals surface area contributed by atoms with Crippen molar-refractivity contribution in [3.8, 4) is 22.6 Å². The van der Waals surface area contributed by atoms with E-state index in [1.807, 2.05) is 18.2 Å². The van der Waals surface area contributed by atoms with Crippen molar-refractivity contribution in [2.24, 2.45) is 0 Å². The molecule has 0 amide bonds. The van der Waals surface area contributed by atoms with Crippen molar-refractivity contribution in [2.75, 3.05) is 4.90 Å². The zero-order valence-electron chi connectivity index (χ0n) is 42.8. The molecule has 0 saturated heterocycles. The highest BCUT2D eigenvalue weighted by atomic mass is 16.5. The summed E-state index contributed by atoms with van der Waals surface area (Å²) < 4.78 is 13.5. The van der Waals surface area contributed by atoms with Crippen molar-refractivity contribution in [3.63, 3.8) is 0 Å². The van der Waals surface area contributed by atoms with Crippen molar-refractivity contribution in [1.29, 1.82) is 0 Å². The fourth-order valence-electron chi connectivity index (χ4n) is 13.6. The van der Waals surface area contributed by atoms with Crippen LogP contribution in [-0.4, -0.2) is 0 Å². The molecule has 362 valence electrons. The number of ether oxygens (including phenoxy) is 1. The third-order valence-electron chi connectivity index (χ3n) is 17.3. The van der Waals surface area contributed by atoms with Gasteiger partial charge in [0.05, 0.1) is 5.41 Å². The molecule has 0 N–H and O–H groups in total. The van der Waals surface area contributed by atoms with Crippen LogP contribution in [0, 0.1) is 6.92 Å². The molecular formula is C73H53NO2. The first-order valence-corrected chi connectivity index (χ1v) is 26.6. The SMILES string of the molecule is C=C(/C=C\c1oc2ccccc2c1C)c1ccc(N(c2ccc(C3CC=CC4=C3c3ccccc3C43c4ccc5ccccc5c4Oc4c3ccc3ccccc43)cc2)c2ccc3c(c2)C(C)(C)c2ccccc2-3)cc1. The van der Waals surface area contributed by atoms with Gasteiger partial charge in [0.25, 0.3) is 0 Å². The van der Waals surface area contributed by atoms with Crippen molar-refractivity contribution >= 4 is 66.8 Å². The molecule has 2 heterocycles. The Morgan fingerprint density at radius 3 is 1.83 bits per heavy atom. The number of rotatable bonds is 7. The summed E-state index contributed by atoms with van der Waals surface area (Å²) in [6, 6.07) is 78.1. The van der Waals surface area contributed by atoms with Crippen molar-refractivity contribution < 1.29 is 9.15 Å². The van der Waals surface area contributed by atoms with Gasteiger partial charge in [0.2, 0.25) is 0 Å². The molecule has 15 rings (SSSR count). The van der Waals surface area contributed by atoms with Crippen molar-refractivity contribution in [3.05, 3.63) is 299 Å². The molecule has 11 aromatic rings. The number of allylic oxidation sites excluding steroid dienone is 6. The molecule has 1 atom stereocenters. The van der Waals surface area contributed by atoms with Crippen LogP contribution >= 0.6 is 0 Å². The summed E-state index contributed by atoms with van der Waals surface area (Å²) in [4.78, 5) is 2.42. The molecule has 0 fully saturated rings. The number of aryl methyl sites for hydroxylation is 1. The van der Waals surface area contributed by atoms with Crippen molar-refractivity contribution in [1.82, 2.24) is 0 Å². The van der Waals surface area contributed by atoms with Crippen LogP contribution in [0.5, 0.6) is 11.5 Å². The zero-order valence-corrected chi connectivity index (χ0v) is 42.8. The first-order chi connectivity index (χ1) is 37.3. The molecule has 10 aromatic carbocycles. The largest absolute Gasteiger partial charge is 0.456 e. The lowest BCUT2D eigenvalue weighted by Gasteiger charge is -2.41. The van der Waals surface area contributed by atoms with Gasteiger partial charge in [0, 0.05) is 61.2 Å². The minimum absolute atomic E-state index is 0.125. The number of nitrogens with zero attached hydrogens (tertiary/aromatic N) is 1. The van der Waals surface area contributed by atoms with Crippen LogP contribution < -0.4 is 9.64 Å². The standard InChI is InChI=1S/C73H53NO2/c1-45(28-43-67-46(2)54-18-11-14-27-68(54)75-67)47-29-35-51(36-30-47)74(53-39-40-59-58-21-9-12-24-61(58)72(3,4)66(59)44-53)52-37-31-50(32-38-52)55-23-15-26-63-69(55)60-22-10-13-25-62(60)73(63)64-41-33-48-16-5-7-19-56(48)70(64)76-71-57-20-8-6-17-49(57)34-42-65(71)73/h5-22,24-44,55H,1,23H2,2-4H3/b43-28-. The predicted molar refractivity (Wildman–Crippen MR) is 315 cm³/mol. The smallest absolute Gasteiger partial charge is 0.140 e. The van der Waals surface area contributed by atoms with Gasteiger partial charge in [-0.25, -0.2) is 0 Å². The number of furan rings is 1. The predicted octanol–water partition coefficient (Wildman–Crippen LogP) is 19.5. The van der Waals surface area contributed by atoms with Crippen LogP contribution in [0.4, 0.5) is 17.1 Å². The van der Waals surface area contributed by atoms with E-state index in [1.54, 1.807) is 0 Å². The van der Waals surface area contributed by atoms with Crippen LogP contribution in [0.2, 0.25) is 0 Å². The van der Waals surface area contributed by atoms with Gasteiger partial charge in [0.1, 0.15) is 22.8 Å². The second kappa shape index (κ2) is 16.7. The van der Waals surface area contributed by atoms with Gasteiger partial charge in [-0.3, -0.25) is 0 Å². The highest BCUT2D eigenvalue weighted by Crippen LogP contribution is 2.66. The Labute approximate surface area is 443 Å². The number of hydrogen-bond acceptors (Lipinski definition) is 3. The average molecular weight is 976 g/mol. The molecule has 3 heteroatoms. The van der Waals surface area contributed by atoms with Crippen LogP contribution in [0.25, 0.3) is 60.9 Å². The van der Waals surface area contributed by atoms with E-state index < -0.39 is 5.41 Å². The Morgan fingerprint density at radius 2 is 1.13 bits per heavy atom. The van der Waals surface area contributed by atoms with E-state index in [0.717, 1.165) is 79.2 Å². The van der Waals surface area contributed by atoms with E-state index in [1.165, 1.54) is 72.0 Å². The summed E-state index contributed by atoms with van der Waals surface area (Å²) in [5.74, 6) is 2.86. The molecule has 4 aliphatic rings. The normalized spacial score (nSPS) is 16.1. The minimum Gasteiger partial charge on any atom is -0.456 e. The van der Waals surface area contributed by atoms with E-state index in [4.69, 9.17) is 9.15 Å². The first-order valence-electron chi connectivity index (χ1n) is 26.6. The van der Waals surface area contributed by atoms with Gasteiger partial charge in [-0.05, 0) is 134 Å². The van der Waals surface area contributed by atoms with Gasteiger partial charge in [-0.15, -0.1) is 0 Å². The molecule has 1 aliphatic heterocycles. The fraction of sp³-hybridized carbons (Fsp3) is 0.0959. The van der Waals surface area contributed by atoms with E-state index in [2.05, 4.69) is 251 Å². The molecular weight excluding hydrogens is 923 g/mol. The summed E-state index contributed by atoms with van der Waals surface area (Å²) >= 11 is 0. The molecule has 1 spiro atoms. The van der Waals surface area contributed by atoms with Crippen LogP contribution in [0.15, 0.2) is 247 Å². The molecule has 3 aliphatic carbocycles. The Kier molecular flexibility index (Phi) is 9.72. The number of anilines is 3. The summed E-state index contributed by atoms with van der Waals surface area (Å²) in [6.45, 7) is 11.3. The van der Waals surface area contributed by atoms with E-state index >= 15 is 0 Å². The van der Waals surface area contributed by atoms with Crippen LogP contribution in [0.1, 0.15) is 82.0 Å². The Bertz CT molecular complexity index is 4260. The molecule has 0 saturated carbocycles. The molecule has 1 unspecified atom stereocenters. The number of fused-ring (bicyclic) bond motifs is 16. The number of hydrogen-bond donors (Lipinski definition) is 0. The van der Waals surface area contributed by atoms with Crippen LogP contribution in [0.3, 0.4) is 0 Å². The number of para-hydroxylation sites is 1. The summed E-state index contributed by atoms with van der Waals surface area (Å²) in [6.07, 6.45) is 9.85. The van der Waals surface area contributed by atoms with Crippen LogP contribution in [-0.2, 0) is 10.8 Å². The second-order valence-corrected chi connectivity index (χ2v) is 21.6. The zero-order chi connectivity index (χ0) is 50.9. The average Bonchev–Trinajstić information content (AvgIpc) is 4.20. The van der Waals surface area contributed by atoms with Gasteiger partial charge in [0.15, 0.2) is 0 Å². The van der Waals surface area contributed by atoms with E-state index in [-0.39, 0.29) is 11.3 Å². The van der Waals surface area contributed by atoms with Gasteiger partial charge >= 0.3 is 0 Å². The second-order valence-electron chi connectivity index (χ2n) is 21.6. The van der Waals surface area contributed by atoms with E-state index in [0.29, 0.717) is 0 Å². The highest BCUT2D eigenvalue weighted by Gasteiger charge is 2.54. The fourth-order valence-corrected chi connectivity index (χ4v) is 13.6. The Hall–Kier alpha value is -9.18. The lowest BCUT2D eigenvalue weighted by Crippen LogP contribution is -2.33. The summed E-state index contributed by atoms with van der Waals surface area (Å²) in [5.41, 5.74) is 20.9. The molecule has 3 nitrogen and oxygen atoms in total. The number of benzene rings is 10. The first kappa shape index (κ1) is 44.3. The highest BCUT2D eigenvalue weighted by molar-refractivity contribution is 6.01. The lowest BCUT2D eigenvalue weighted by atomic mass is 9.63. The molecule has 1 aromatic heterocycles. The van der Waals surface area contributed by atoms with Gasteiger partial charge in [-0.1, -0.05) is 209 Å². The quantitative estimate of drug-likeness (QED) is 0.149. The maximum absolute atomic E-state index is 7.25. The van der Waals surface area contributed by atoms with E-state index in [9.17, 15) is 0 Å². The maximum Gasteiger partial charge on any atom is 0.140 e. The molecule has 0 radical (unpaired) electrons. The Morgan fingerprint density at radius 1 is 0.553 bits per heavy atom. The maximum atomic E-state index is 7.25. The lowest BCUT2D eigenvalue weighted by molar-refractivity contribution is 0.446. The summed E-state index contributed by atoms with van der Waals surface area (Å²) in [7, 11) is 0. The molecule has 76 heavy (non-hydrogen) atoms. The minimum atomic E-state index is -0.588.